The summed E-state index contributed by atoms with van der Waals surface area (Å²) in [6.45, 7) is 0.686. The molecule has 1 aliphatic heterocycles. The molecule has 0 radical (unpaired) electrons. The van der Waals surface area contributed by atoms with Gasteiger partial charge in [0.05, 0.1) is 13.2 Å². The lowest BCUT2D eigenvalue weighted by Gasteiger charge is -2.41. The summed E-state index contributed by atoms with van der Waals surface area (Å²) in [6, 6.07) is 12.7. The summed E-state index contributed by atoms with van der Waals surface area (Å²) in [4.78, 5) is 12.6. The fraction of sp³-hybridized carbons (Fsp3) is 0.435. The van der Waals surface area contributed by atoms with E-state index < -0.39 is 24.2 Å². The molecule has 1 atom stereocenters. The van der Waals surface area contributed by atoms with Crippen molar-refractivity contribution in [2.24, 2.45) is 5.92 Å². The minimum absolute atomic E-state index is 0.0354. The minimum Gasteiger partial charge on any atom is -0.491 e. The standard InChI is InChI=1S/C23H27F2NO5/c24-11-14-30-15-16-31-21-7-3-18(4-8-21)23(29,17-1-5-20(25)6-2-17)19-9-12-26(13-10-19)22(27)28/h1-8,19,29H,9-16H2,(H,27,28). The molecule has 2 aromatic rings. The molecule has 0 saturated carbocycles. The van der Waals surface area contributed by atoms with E-state index in [1.807, 2.05) is 0 Å². The Labute approximate surface area is 180 Å². The van der Waals surface area contributed by atoms with Gasteiger partial charge in [-0.1, -0.05) is 24.3 Å². The van der Waals surface area contributed by atoms with Gasteiger partial charge in [0.25, 0.3) is 0 Å². The van der Waals surface area contributed by atoms with E-state index in [4.69, 9.17) is 9.47 Å². The molecule has 2 N–H and O–H groups in total. The fourth-order valence-corrected chi connectivity index (χ4v) is 4.01. The lowest BCUT2D eigenvalue weighted by molar-refractivity contribution is -0.0122. The molecule has 3 rings (SSSR count). The molecule has 6 nitrogen and oxygen atoms in total. The van der Waals surface area contributed by atoms with Crippen molar-refractivity contribution in [1.29, 1.82) is 0 Å². The van der Waals surface area contributed by atoms with E-state index in [0.29, 0.717) is 42.8 Å². The van der Waals surface area contributed by atoms with E-state index in [1.165, 1.54) is 17.0 Å². The SMILES string of the molecule is O=C(O)N1CCC(C(O)(c2ccc(F)cc2)c2ccc(OCCOCCF)cc2)CC1. The van der Waals surface area contributed by atoms with Gasteiger partial charge in [-0.2, -0.15) is 0 Å². The number of hydrogen-bond donors (Lipinski definition) is 2. The Bertz CT molecular complexity index is 838. The predicted molar refractivity (Wildman–Crippen MR) is 110 cm³/mol. The van der Waals surface area contributed by atoms with Crippen molar-refractivity contribution < 1.29 is 33.3 Å². The number of likely N-dealkylation sites (tertiary alicyclic amines) is 1. The number of hydrogen-bond acceptors (Lipinski definition) is 4. The van der Waals surface area contributed by atoms with Gasteiger partial charge in [-0.3, -0.25) is 0 Å². The Balaban J connectivity index is 1.80. The number of ether oxygens (including phenoxy) is 2. The monoisotopic (exact) mass is 435 g/mol. The number of aliphatic hydroxyl groups is 1. The molecule has 1 heterocycles. The zero-order valence-corrected chi connectivity index (χ0v) is 17.2. The number of alkyl halides is 1. The zero-order chi connectivity index (χ0) is 22.3. The molecule has 1 fully saturated rings. The Kier molecular flexibility index (Phi) is 7.81. The summed E-state index contributed by atoms with van der Waals surface area (Å²) in [7, 11) is 0. The molecule has 0 bridgehead atoms. The molecular weight excluding hydrogens is 408 g/mol. The van der Waals surface area contributed by atoms with Gasteiger partial charge in [-0.25, -0.2) is 13.6 Å². The van der Waals surface area contributed by atoms with E-state index >= 15 is 0 Å². The van der Waals surface area contributed by atoms with Crippen LogP contribution in [0.2, 0.25) is 0 Å². The number of halogens is 2. The second-order valence-corrected chi connectivity index (χ2v) is 7.49. The van der Waals surface area contributed by atoms with Crippen LogP contribution in [-0.2, 0) is 10.3 Å². The van der Waals surface area contributed by atoms with Gasteiger partial charge in [-0.15, -0.1) is 0 Å². The van der Waals surface area contributed by atoms with Gasteiger partial charge in [0.1, 0.15) is 30.4 Å². The molecule has 1 aliphatic rings. The highest BCUT2D eigenvalue weighted by Gasteiger charge is 2.42. The van der Waals surface area contributed by atoms with E-state index in [1.54, 1.807) is 36.4 Å². The minimum atomic E-state index is -1.40. The van der Waals surface area contributed by atoms with Crippen LogP contribution in [0.5, 0.6) is 5.75 Å². The van der Waals surface area contributed by atoms with Crippen molar-refractivity contribution in [1.82, 2.24) is 4.90 Å². The van der Waals surface area contributed by atoms with Crippen molar-refractivity contribution in [2.45, 2.75) is 18.4 Å². The molecule has 1 unspecified atom stereocenters. The maximum Gasteiger partial charge on any atom is 0.407 e. The molecule has 1 amide bonds. The number of nitrogens with zero attached hydrogens (tertiary/aromatic N) is 1. The van der Waals surface area contributed by atoms with Crippen molar-refractivity contribution >= 4 is 6.09 Å². The van der Waals surface area contributed by atoms with Gasteiger partial charge < -0.3 is 24.6 Å². The van der Waals surface area contributed by atoms with Gasteiger partial charge in [0.2, 0.25) is 0 Å². The van der Waals surface area contributed by atoms with Crippen molar-refractivity contribution in [3.8, 4) is 5.75 Å². The summed E-state index contributed by atoms with van der Waals surface area (Å²) in [5.74, 6) is -0.0605. The van der Waals surface area contributed by atoms with E-state index in [0.717, 1.165) is 0 Å². The summed E-state index contributed by atoms with van der Waals surface area (Å²) in [5.41, 5.74) is -0.231. The highest BCUT2D eigenvalue weighted by atomic mass is 19.1. The first kappa shape index (κ1) is 23.0. The lowest BCUT2D eigenvalue weighted by atomic mass is 9.72. The molecular formula is C23H27F2NO5. The van der Waals surface area contributed by atoms with Crippen LogP contribution < -0.4 is 4.74 Å². The van der Waals surface area contributed by atoms with Crippen molar-refractivity contribution in [3.05, 3.63) is 65.5 Å². The number of carboxylic acid groups (broad SMARTS) is 1. The summed E-state index contributed by atoms with van der Waals surface area (Å²) in [5, 5.41) is 21.1. The molecule has 8 heteroatoms. The Morgan fingerprint density at radius 3 is 2.13 bits per heavy atom. The Morgan fingerprint density at radius 2 is 1.58 bits per heavy atom. The Morgan fingerprint density at radius 1 is 1.00 bits per heavy atom. The van der Waals surface area contributed by atoms with E-state index in [-0.39, 0.29) is 25.7 Å². The highest BCUT2D eigenvalue weighted by molar-refractivity contribution is 5.65. The first-order chi connectivity index (χ1) is 14.9. The van der Waals surface area contributed by atoms with Crippen molar-refractivity contribution in [2.75, 3.05) is 39.6 Å². The van der Waals surface area contributed by atoms with Gasteiger partial charge in [-0.05, 0) is 54.2 Å². The third-order valence-corrected chi connectivity index (χ3v) is 5.65. The largest absolute Gasteiger partial charge is 0.491 e. The average molecular weight is 435 g/mol. The number of carbonyl (C=O) groups is 1. The van der Waals surface area contributed by atoms with Gasteiger partial charge >= 0.3 is 6.09 Å². The van der Waals surface area contributed by atoms with Crippen molar-refractivity contribution in [3.63, 3.8) is 0 Å². The average Bonchev–Trinajstić information content (AvgIpc) is 2.79. The number of amides is 1. The van der Waals surface area contributed by atoms with E-state index in [9.17, 15) is 23.8 Å². The molecule has 1 saturated heterocycles. The lowest BCUT2D eigenvalue weighted by Crippen LogP contribution is -2.45. The van der Waals surface area contributed by atoms with Crippen LogP contribution in [-0.4, -0.2) is 60.8 Å². The van der Waals surface area contributed by atoms with E-state index in [2.05, 4.69) is 0 Å². The van der Waals surface area contributed by atoms with Crippen LogP contribution in [0, 0.1) is 11.7 Å². The molecule has 2 aromatic carbocycles. The normalized spacial score (nSPS) is 16.7. The van der Waals surface area contributed by atoms with Crippen LogP contribution in [0.3, 0.4) is 0 Å². The first-order valence-corrected chi connectivity index (χ1v) is 10.3. The van der Waals surface area contributed by atoms with Crippen LogP contribution in [0.1, 0.15) is 24.0 Å². The maximum atomic E-state index is 13.5. The predicted octanol–water partition coefficient (Wildman–Crippen LogP) is 3.82. The highest BCUT2D eigenvalue weighted by Crippen LogP contribution is 2.42. The van der Waals surface area contributed by atoms with Crippen LogP contribution in [0.15, 0.2) is 48.5 Å². The number of benzene rings is 2. The number of piperidine rings is 1. The smallest absolute Gasteiger partial charge is 0.407 e. The third kappa shape index (κ3) is 5.51. The molecule has 31 heavy (non-hydrogen) atoms. The summed E-state index contributed by atoms with van der Waals surface area (Å²) >= 11 is 0. The first-order valence-electron chi connectivity index (χ1n) is 10.3. The third-order valence-electron chi connectivity index (χ3n) is 5.65. The topological polar surface area (TPSA) is 79.2 Å². The number of rotatable bonds is 9. The Hall–Kier alpha value is -2.71. The fourth-order valence-electron chi connectivity index (χ4n) is 4.01. The molecule has 168 valence electrons. The van der Waals surface area contributed by atoms with Crippen LogP contribution in [0.25, 0.3) is 0 Å². The van der Waals surface area contributed by atoms with Crippen LogP contribution in [0.4, 0.5) is 13.6 Å². The van der Waals surface area contributed by atoms with Gasteiger partial charge in [0.15, 0.2) is 0 Å². The quantitative estimate of drug-likeness (QED) is 0.586. The molecule has 0 spiro atoms. The summed E-state index contributed by atoms with van der Waals surface area (Å²) < 4.78 is 36.2. The zero-order valence-electron chi connectivity index (χ0n) is 17.2. The second-order valence-electron chi connectivity index (χ2n) is 7.49. The molecule has 0 aliphatic carbocycles. The maximum absolute atomic E-state index is 13.5. The molecule has 0 aromatic heterocycles. The van der Waals surface area contributed by atoms with Gasteiger partial charge in [0, 0.05) is 13.1 Å². The summed E-state index contributed by atoms with van der Waals surface area (Å²) in [6.07, 6.45) is -0.0185. The second kappa shape index (κ2) is 10.5. The van der Waals surface area contributed by atoms with Crippen LogP contribution >= 0.6 is 0 Å².